The van der Waals surface area contributed by atoms with E-state index < -0.39 is 6.04 Å². The zero-order chi connectivity index (χ0) is 19.5. The summed E-state index contributed by atoms with van der Waals surface area (Å²) in [5.41, 5.74) is 3.71. The van der Waals surface area contributed by atoms with Gasteiger partial charge in [0.1, 0.15) is 11.9 Å². The second-order valence-electron chi connectivity index (χ2n) is 6.53. The van der Waals surface area contributed by atoms with Gasteiger partial charge in [0.15, 0.2) is 0 Å². The fourth-order valence-corrected chi connectivity index (χ4v) is 3.31. The minimum atomic E-state index is -0.420. The van der Waals surface area contributed by atoms with E-state index in [4.69, 9.17) is 10.2 Å². The van der Waals surface area contributed by atoms with Gasteiger partial charge in [-0.15, -0.1) is 0 Å². The van der Waals surface area contributed by atoms with Gasteiger partial charge in [-0.2, -0.15) is 5.26 Å². The maximum atomic E-state index is 12.9. The number of amides is 1. The average Bonchev–Trinajstić information content (AvgIpc) is 3.09. The van der Waals surface area contributed by atoms with Crippen molar-refractivity contribution in [3.05, 3.63) is 101 Å². The van der Waals surface area contributed by atoms with Crippen LogP contribution >= 0.6 is 0 Å². The summed E-state index contributed by atoms with van der Waals surface area (Å²) in [5.74, 6) is 0.496. The maximum Gasteiger partial charge on any atom is 0.252 e. The van der Waals surface area contributed by atoms with Crippen molar-refractivity contribution in [2.45, 2.75) is 6.04 Å². The van der Waals surface area contributed by atoms with Gasteiger partial charge in [-0.25, -0.2) is 4.98 Å². The highest BCUT2D eigenvalue weighted by Gasteiger charge is 2.23. The second-order valence-corrected chi connectivity index (χ2v) is 6.53. The Labute approximate surface area is 162 Å². The van der Waals surface area contributed by atoms with Crippen molar-refractivity contribution >= 4 is 16.9 Å². The van der Waals surface area contributed by atoms with Gasteiger partial charge in [0.05, 0.1) is 22.7 Å². The molecule has 3 aromatic carbocycles. The van der Waals surface area contributed by atoms with Crippen LogP contribution in [-0.2, 0) is 7.05 Å². The average molecular weight is 366 g/mol. The van der Waals surface area contributed by atoms with Crippen molar-refractivity contribution in [2.75, 3.05) is 0 Å². The Morgan fingerprint density at radius 3 is 2.54 bits per heavy atom. The monoisotopic (exact) mass is 366 g/mol. The first kappa shape index (κ1) is 17.5. The fourth-order valence-electron chi connectivity index (χ4n) is 3.31. The highest BCUT2D eigenvalue weighted by atomic mass is 16.1. The number of aromatic nitrogens is 2. The molecule has 1 N–H and O–H groups in total. The summed E-state index contributed by atoms with van der Waals surface area (Å²) in [6.45, 7) is 0. The molecule has 0 aliphatic heterocycles. The van der Waals surface area contributed by atoms with Crippen molar-refractivity contribution in [1.29, 1.82) is 5.26 Å². The van der Waals surface area contributed by atoms with Crippen LogP contribution in [0.15, 0.2) is 78.9 Å². The van der Waals surface area contributed by atoms with Crippen LogP contribution in [0.2, 0.25) is 0 Å². The standard InChI is InChI=1S/C23H18N4O/c1-27-20-13-6-5-12-19(20)25-22(27)21(17-9-3-2-4-10-17)26-23(28)18-11-7-8-16(14-18)15-24/h2-14,21H,1H3,(H,26,28). The molecule has 4 rings (SSSR count). The molecule has 0 saturated carbocycles. The first-order valence-electron chi connectivity index (χ1n) is 8.94. The smallest absolute Gasteiger partial charge is 0.252 e. The number of carbonyl (C=O) groups is 1. The maximum absolute atomic E-state index is 12.9. The van der Waals surface area contributed by atoms with Gasteiger partial charge in [-0.1, -0.05) is 48.5 Å². The lowest BCUT2D eigenvalue weighted by molar-refractivity contribution is 0.0941. The third-order valence-corrected chi connectivity index (χ3v) is 4.74. The lowest BCUT2D eigenvalue weighted by atomic mass is 10.0. The van der Waals surface area contributed by atoms with Crippen LogP contribution in [0.25, 0.3) is 11.0 Å². The van der Waals surface area contributed by atoms with Gasteiger partial charge < -0.3 is 9.88 Å². The molecular weight excluding hydrogens is 348 g/mol. The number of rotatable bonds is 4. The second kappa shape index (κ2) is 7.37. The molecule has 1 amide bonds. The van der Waals surface area contributed by atoms with E-state index in [0.29, 0.717) is 11.1 Å². The Morgan fingerprint density at radius 1 is 1.04 bits per heavy atom. The molecule has 0 bridgehead atoms. The van der Waals surface area contributed by atoms with E-state index in [9.17, 15) is 4.79 Å². The molecule has 0 saturated heterocycles. The molecule has 0 aliphatic carbocycles. The van der Waals surface area contributed by atoms with Crippen LogP contribution in [0, 0.1) is 11.3 Å². The van der Waals surface area contributed by atoms with Crippen molar-refractivity contribution in [2.24, 2.45) is 7.05 Å². The van der Waals surface area contributed by atoms with E-state index in [1.807, 2.05) is 66.2 Å². The van der Waals surface area contributed by atoms with E-state index in [1.54, 1.807) is 24.3 Å². The largest absolute Gasteiger partial charge is 0.338 e. The highest BCUT2D eigenvalue weighted by molar-refractivity contribution is 5.95. The number of carbonyl (C=O) groups excluding carboxylic acids is 1. The van der Waals surface area contributed by atoms with Gasteiger partial charge in [0.2, 0.25) is 0 Å². The Kier molecular flexibility index (Phi) is 4.61. The molecule has 1 heterocycles. The van der Waals surface area contributed by atoms with E-state index >= 15 is 0 Å². The van der Waals surface area contributed by atoms with Gasteiger partial charge in [0.25, 0.3) is 5.91 Å². The van der Waals surface area contributed by atoms with Crippen LogP contribution in [0.1, 0.15) is 33.4 Å². The van der Waals surface area contributed by atoms with Crippen LogP contribution in [0.5, 0.6) is 0 Å². The predicted molar refractivity (Wildman–Crippen MR) is 108 cm³/mol. The number of nitriles is 1. The zero-order valence-corrected chi connectivity index (χ0v) is 15.3. The highest BCUT2D eigenvalue weighted by Crippen LogP contribution is 2.25. The molecule has 0 radical (unpaired) electrons. The summed E-state index contributed by atoms with van der Waals surface area (Å²) in [5, 5.41) is 12.2. The van der Waals surface area contributed by atoms with Crippen molar-refractivity contribution < 1.29 is 4.79 Å². The van der Waals surface area contributed by atoms with Gasteiger partial charge in [0, 0.05) is 12.6 Å². The van der Waals surface area contributed by atoms with Gasteiger partial charge in [-0.3, -0.25) is 4.79 Å². The molecule has 136 valence electrons. The Morgan fingerprint density at radius 2 is 1.79 bits per heavy atom. The topological polar surface area (TPSA) is 70.7 Å². The van der Waals surface area contributed by atoms with Crippen molar-refractivity contribution in [3.8, 4) is 6.07 Å². The number of para-hydroxylation sites is 2. The normalized spacial score (nSPS) is 11.7. The zero-order valence-electron chi connectivity index (χ0n) is 15.3. The molecule has 0 fully saturated rings. The fraction of sp³-hybridized carbons (Fsp3) is 0.0870. The van der Waals surface area contributed by atoms with E-state index in [1.165, 1.54) is 0 Å². The molecule has 5 nitrogen and oxygen atoms in total. The van der Waals surface area contributed by atoms with Crippen LogP contribution in [0.3, 0.4) is 0 Å². The summed E-state index contributed by atoms with van der Waals surface area (Å²) in [4.78, 5) is 17.7. The van der Waals surface area contributed by atoms with E-state index in [2.05, 4.69) is 11.4 Å². The van der Waals surface area contributed by atoms with Gasteiger partial charge >= 0.3 is 0 Å². The summed E-state index contributed by atoms with van der Waals surface area (Å²) in [6.07, 6.45) is 0. The number of aryl methyl sites for hydroxylation is 1. The quantitative estimate of drug-likeness (QED) is 0.594. The number of benzene rings is 3. The van der Waals surface area contributed by atoms with Crippen LogP contribution in [-0.4, -0.2) is 15.5 Å². The molecule has 28 heavy (non-hydrogen) atoms. The van der Waals surface area contributed by atoms with Crippen LogP contribution < -0.4 is 5.32 Å². The SMILES string of the molecule is Cn1c(C(NC(=O)c2cccc(C#N)c2)c2ccccc2)nc2ccccc21. The number of hydrogen-bond donors (Lipinski definition) is 1. The third-order valence-electron chi connectivity index (χ3n) is 4.74. The third kappa shape index (κ3) is 3.24. The predicted octanol–water partition coefficient (Wildman–Crippen LogP) is 3.96. The molecule has 0 aliphatic rings. The number of nitrogens with one attached hydrogen (secondary N) is 1. The molecule has 4 aromatic rings. The summed E-state index contributed by atoms with van der Waals surface area (Å²) >= 11 is 0. The van der Waals surface area contributed by atoms with Crippen LogP contribution in [0.4, 0.5) is 0 Å². The summed E-state index contributed by atoms with van der Waals surface area (Å²) < 4.78 is 2.00. The number of imidazole rings is 1. The summed E-state index contributed by atoms with van der Waals surface area (Å²) in [7, 11) is 1.95. The Balaban J connectivity index is 1.77. The Bertz CT molecular complexity index is 1190. The number of hydrogen-bond acceptors (Lipinski definition) is 3. The molecular formula is C23H18N4O. The minimum absolute atomic E-state index is 0.252. The molecule has 1 aromatic heterocycles. The van der Waals surface area contributed by atoms with E-state index in [0.717, 1.165) is 22.4 Å². The van der Waals surface area contributed by atoms with Gasteiger partial charge in [-0.05, 0) is 35.9 Å². The number of fused-ring (bicyclic) bond motifs is 1. The molecule has 5 heteroatoms. The Hall–Kier alpha value is -3.91. The first-order chi connectivity index (χ1) is 13.7. The lowest BCUT2D eigenvalue weighted by Gasteiger charge is -2.19. The summed E-state index contributed by atoms with van der Waals surface area (Å²) in [6, 6.07) is 26.0. The molecule has 1 unspecified atom stereocenters. The molecule has 0 spiro atoms. The minimum Gasteiger partial charge on any atom is -0.338 e. The van der Waals surface area contributed by atoms with Crippen molar-refractivity contribution in [3.63, 3.8) is 0 Å². The van der Waals surface area contributed by atoms with E-state index in [-0.39, 0.29) is 5.91 Å². The number of nitrogens with zero attached hydrogens (tertiary/aromatic N) is 3. The van der Waals surface area contributed by atoms with Crippen molar-refractivity contribution in [1.82, 2.24) is 14.9 Å². The lowest BCUT2D eigenvalue weighted by Crippen LogP contribution is -2.31. The first-order valence-corrected chi connectivity index (χ1v) is 8.94. The molecule has 1 atom stereocenters.